The number of aryl methyl sites for hydroxylation is 1. The van der Waals surface area contributed by atoms with Gasteiger partial charge >= 0.3 is 0 Å². The zero-order valence-electron chi connectivity index (χ0n) is 14.8. The van der Waals surface area contributed by atoms with Gasteiger partial charge in [-0.3, -0.25) is 4.79 Å². The number of ether oxygens (including phenoxy) is 2. The molecule has 0 spiro atoms. The Bertz CT molecular complexity index is 743. The molecule has 3 rings (SSSR count). The second kappa shape index (κ2) is 8.92. The highest BCUT2D eigenvalue weighted by Gasteiger charge is 2.12. The van der Waals surface area contributed by atoms with Gasteiger partial charge in [-0.05, 0) is 48.9 Å². The number of hydrogen-bond donors (Lipinski definition) is 1. The number of halogens is 1. The zero-order valence-corrected chi connectivity index (χ0v) is 15.6. The minimum absolute atomic E-state index is 0.107. The predicted octanol–water partition coefficient (Wildman–Crippen LogP) is 3.29. The maximum atomic E-state index is 12.2. The van der Waals surface area contributed by atoms with Gasteiger partial charge in [0.05, 0.1) is 19.8 Å². The van der Waals surface area contributed by atoms with Gasteiger partial charge in [0.1, 0.15) is 12.4 Å². The van der Waals surface area contributed by atoms with Crippen molar-refractivity contribution in [2.24, 2.45) is 0 Å². The molecule has 0 radical (unpaired) electrons. The van der Waals surface area contributed by atoms with Gasteiger partial charge in [-0.15, -0.1) is 0 Å². The Balaban J connectivity index is 1.45. The van der Waals surface area contributed by atoms with E-state index in [4.69, 9.17) is 21.1 Å². The molecule has 1 N–H and O–H groups in total. The molecule has 138 valence electrons. The average Bonchev–Trinajstić information content (AvgIpc) is 2.68. The molecule has 1 heterocycles. The van der Waals surface area contributed by atoms with E-state index in [1.165, 1.54) is 0 Å². The van der Waals surface area contributed by atoms with Crippen LogP contribution in [-0.2, 0) is 4.74 Å². The van der Waals surface area contributed by atoms with Crippen LogP contribution in [0.3, 0.4) is 0 Å². The minimum Gasteiger partial charge on any atom is -0.492 e. The van der Waals surface area contributed by atoms with E-state index in [1.54, 1.807) is 6.07 Å². The molecule has 1 fully saturated rings. The van der Waals surface area contributed by atoms with Gasteiger partial charge in [0.25, 0.3) is 5.91 Å². The van der Waals surface area contributed by atoms with Crippen LogP contribution in [0.5, 0.6) is 5.75 Å². The van der Waals surface area contributed by atoms with Crippen molar-refractivity contribution in [3.63, 3.8) is 0 Å². The van der Waals surface area contributed by atoms with Gasteiger partial charge in [-0.2, -0.15) is 0 Å². The molecule has 0 atom stereocenters. The van der Waals surface area contributed by atoms with Crippen molar-refractivity contribution < 1.29 is 14.3 Å². The quantitative estimate of drug-likeness (QED) is 0.788. The van der Waals surface area contributed by atoms with Crippen molar-refractivity contribution in [2.75, 3.05) is 44.4 Å². The van der Waals surface area contributed by atoms with E-state index < -0.39 is 0 Å². The van der Waals surface area contributed by atoms with Gasteiger partial charge in [0, 0.05) is 29.4 Å². The summed E-state index contributed by atoms with van der Waals surface area (Å²) < 4.78 is 11.0. The summed E-state index contributed by atoms with van der Waals surface area (Å²) in [5.74, 6) is 0.591. The molecular weight excluding hydrogens is 352 g/mol. The third-order valence-electron chi connectivity index (χ3n) is 4.31. The maximum Gasteiger partial charge on any atom is 0.251 e. The predicted molar refractivity (Wildman–Crippen MR) is 103 cm³/mol. The van der Waals surface area contributed by atoms with Crippen LogP contribution in [-0.4, -0.2) is 45.4 Å². The lowest BCUT2D eigenvalue weighted by molar-refractivity contribution is 0.0947. The van der Waals surface area contributed by atoms with E-state index in [0.717, 1.165) is 37.6 Å². The Morgan fingerprint density at radius 3 is 2.62 bits per heavy atom. The van der Waals surface area contributed by atoms with Crippen molar-refractivity contribution in [3.05, 3.63) is 58.6 Å². The molecule has 1 amide bonds. The summed E-state index contributed by atoms with van der Waals surface area (Å²) in [7, 11) is 0. The van der Waals surface area contributed by atoms with Crippen LogP contribution in [0.1, 0.15) is 15.9 Å². The number of benzene rings is 2. The van der Waals surface area contributed by atoms with Crippen LogP contribution >= 0.6 is 11.6 Å². The number of carbonyl (C=O) groups is 1. The third kappa shape index (κ3) is 4.90. The second-order valence-corrected chi connectivity index (χ2v) is 6.57. The van der Waals surface area contributed by atoms with Gasteiger partial charge in [-0.25, -0.2) is 0 Å². The van der Waals surface area contributed by atoms with Crippen molar-refractivity contribution in [1.29, 1.82) is 0 Å². The molecular formula is C20H23ClN2O3. The van der Waals surface area contributed by atoms with Crippen LogP contribution in [0, 0.1) is 6.92 Å². The van der Waals surface area contributed by atoms with Crippen LogP contribution in [0.25, 0.3) is 0 Å². The molecule has 26 heavy (non-hydrogen) atoms. The fourth-order valence-electron chi connectivity index (χ4n) is 2.74. The Morgan fingerprint density at radius 2 is 1.92 bits per heavy atom. The molecule has 0 saturated carbocycles. The average molecular weight is 375 g/mol. The standard InChI is InChI=1S/C20H23ClN2O3/c1-15-2-7-18(14-19(15)21)26-11-8-22-20(24)16-3-5-17(6-4-16)23-9-12-25-13-10-23/h2-7,14H,8-13H2,1H3,(H,22,24). The molecule has 0 unspecified atom stereocenters. The highest BCUT2D eigenvalue weighted by molar-refractivity contribution is 6.31. The second-order valence-electron chi connectivity index (χ2n) is 6.16. The number of rotatable bonds is 6. The first kappa shape index (κ1) is 18.5. The summed E-state index contributed by atoms with van der Waals surface area (Å²) in [5.41, 5.74) is 2.76. The maximum absolute atomic E-state index is 12.2. The molecule has 0 aliphatic carbocycles. The number of nitrogens with zero attached hydrogens (tertiary/aromatic N) is 1. The molecule has 5 nitrogen and oxygen atoms in total. The summed E-state index contributed by atoms with van der Waals surface area (Å²) in [4.78, 5) is 14.5. The van der Waals surface area contributed by atoms with Crippen molar-refractivity contribution in [3.8, 4) is 5.75 Å². The molecule has 1 saturated heterocycles. The lowest BCUT2D eigenvalue weighted by atomic mass is 10.1. The summed E-state index contributed by atoms with van der Waals surface area (Å²) in [5, 5.41) is 3.54. The van der Waals surface area contributed by atoms with Crippen molar-refractivity contribution in [2.45, 2.75) is 6.92 Å². The van der Waals surface area contributed by atoms with E-state index in [2.05, 4.69) is 10.2 Å². The van der Waals surface area contributed by atoms with Crippen molar-refractivity contribution >= 4 is 23.2 Å². The van der Waals surface area contributed by atoms with Gasteiger partial charge in [-0.1, -0.05) is 17.7 Å². The number of hydrogen-bond acceptors (Lipinski definition) is 4. The first-order valence-electron chi connectivity index (χ1n) is 8.73. The summed E-state index contributed by atoms with van der Waals surface area (Å²) in [6.45, 7) is 6.00. The number of morpholine rings is 1. The molecule has 0 aromatic heterocycles. The molecule has 6 heteroatoms. The SMILES string of the molecule is Cc1ccc(OCCNC(=O)c2ccc(N3CCOCC3)cc2)cc1Cl. The molecule has 1 aliphatic rings. The lowest BCUT2D eigenvalue weighted by Gasteiger charge is -2.28. The van der Waals surface area contributed by atoms with Gasteiger partial charge < -0.3 is 19.7 Å². The highest BCUT2D eigenvalue weighted by atomic mass is 35.5. The Hall–Kier alpha value is -2.24. The van der Waals surface area contributed by atoms with Crippen LogP contribution in [0.15, 0.2) is 42.5 Å². The van der Waals surface area contributed by atoms with Gasteiger partial charge in [0.2, 0.25) is 0 Å². The number of amides is 1. The first-order valence-corrected chi connectivity index (χ1v) is 9.11. The monoisotopic (exact) mass is 374 g/mol. The summed E-state index contributed by atoms with van der Waals surface area (Å²) in [6, 6.07) is 13.2. The molecule has 2 aromatic carbocycles. The van der Waals surface area contributed by atoms with Crippen LogP contribution < -0.4 is 15.0 Å². The third-order valence-corrected chi connectivity index (χ3v) is 4.71. The highest BCUT2D eigenvalue weighted by Crippen LogP contribution is 2.21. The fraction of sp³-hybridized carbons (Fsp3) is 0.350. The number of nitrogens with one attached hydrogen (secondary N) is 1. The van der Waals surface area contributed by atoms with Gasteiger partial charge in [0.15, 0.2) is 0 Å². The normalized spacial score (nSPS) is 14.2. The Labute approximate surface area is 158 Å². The lowest BCUT2D eigenvalue weighted by Crippen LogP contribution is -2.36. The number of carbonyl (C=O) groups excluding carboxylic acids is 1. The first-order chi connectivity index (χ1) is 12.6. The summed E-state index contributed by atoms with van der Waals surface area (Å²) in [6.07, 6.45) is 0. The van der Waals surface area contributed by atoms with Crippen LogP contribution in [0.2, 0.25) is 5.02 Å². The van der Waals surface area contributed by atoms with E-state index in [0.29, 0.717) is 29.5 Å². The Kier molecular flexibility index (Phi) is 6.36. The van der Waals surface area contributed by atoms with E-state index in [1.807, 2.05) is 43.3 Å². The fourth-order valence-corrected chi connectivity index (χ4v) is 2.91. The number of anilines is 1. The molecule has 1 aliphatic heterocycles. The topological polar surface area (TPSA) is 50.8 Å². The largest absolute Gasteiger partial charge is 0.492 e. The summed E-state index contributed by atoms with van der Waals surface area (Å²) >= 11 is 6.07. The van der Waals surface area contributed by atoms with Crippen LogP contribution in [0.4, 0.5) is 5.69 Å². The Morgan fingerprint density at radius 1 is 1.19 bits per heavy atom. The smallest absolute Gasteiger partial charge is 0.251 e. The molecule has 0 bridgehead atoms. The van der Waals surface area contributed by atoms with Crippen molar-refractivity contribution in [1.82, 2.24) is 5.32 Å². The minimum atomic E-state index is -0.107. The van der Waals surface area contributed by atoms with E-state index in [-0.39, 0.29) is 5.91 Å². The molecule has 2 aromatic rings. The van der Waals surface area contributed by atoms with E-state index in [9.17, 15) is 4.79 Å². The van der Waals surface area contributed by atoms with E-state index >= 15 is 0 Å². The zero-order chi connectivity index (χ0) is 18.4.